The number of rotatable bonds is 8. The van der Waals surface area contributed by atoms with Crippen LogP contribution in [-0.2, 0) is 15.9 Å². The fourth-order valence-electron chi connectivity index (χ4n) is 2.85. The SMILES string of the molecule is CN=C(NCCCOC1CCOCC1)NCCc1ccc(F)cc1C.I. The van der Waals surface area contributed by atoms with E-state index in [-0.39, 0.29) is 29.8 Å². The van der Waals surface area contributed by atoms with Crippen molar-refractivity contribution in [3.8, 4) is 0 Å². The molecule has 148 valence electrons. The Kier molecular flexibility index (Phi) is 11.8. The van der Waals surface area contributed by atoms with Crippen molar-refractivity contribution in [2.45, 2.75) is 38.7 Å². The number of halogens is 2. The fourth-order valence-corrected chi connectivity index (χ4v) is 2.85. The van der Waals surface area contributed by atoms with Gasteiger partial charge in [0.2, 0.25) is 0 Å². The zero-order valence-corrected chi connectivity index (χ0v) is 18.1. The minimum absolute atomic E-state index is 0. The zero-order chi connectivity index (χ0) is 17.9. The average Bonchev–Trinajstić information content (AvgIpc) is 2.62. The molecule has 1 aliphatic rings. The van der Waals surface area contributed by atoms with Gasteiger partial charge in [-0.05, 0) is 55.9 Å². The number of ether oxygens (including phenoxy) is 2. The topological polar surface area (TPSA) is 54.9 Å². The largest absolute Gasteiger partial charge is 0.381 e. The number of aliphatic imine (C=N–C) groups is 1. The molecule has 0 aliphatic carbocycles. The average molecular weight is 479 g/mol. The number of guanidine groups is 1. The Hall–Kier alpha value is -0.930. The molecule has 1 aromatic carbocycles. The molecule has 1 saturated heterocycles. The van der Waals surface area contributed by atoms with Crippen LogP contribution in [-0.4, -0.2) is 52.0 Å². The molecule has 2 N–H and O–H groups in total. The van der Waals surface area contributed by atoms with Crippen LogP contribution >= 0.6 is 24.0 Å². The van der Waals surface area contributed by atoms with E-state index < -0.39 is 0 Å². The van der Waals surface area contributed by atoms with Crippen molar-refractivity contribution in [2.75, 3.05) is 40.0 Å². The molecule has 0 atom stereocenters. The first-order valence-corrected chi connectivity index (χ1v) is 9.08. The van der Waals surface area contributed by atoms with Crippen LogP contribution in [0.25, 0.3) is 0 Å². The van der Waals surface area contributed by atoms with Crippen LogP contribution in [0.4, 0.5) is 4.39 Å². The summed E-state index contributed by atoms with van der Waals surface area (Å²) in [7, 11) is 1.76. The number of hydrogen-bond acceptors (Lipinski definition) is 3. The van der Waals surface area contributed by atoms with Gasteiger partial charge in [0.25, 0.3) is 0 Å². The molecule has 2 rings (SSSR count). The molecule has 5 nitrogen and oxygen atoms in total. The Morgan fingerprint density at radius 1 is 1.27 bits per heavy atom. The first kappa shape index (κ1) is 23.1. The number of hydrogen-bond donors (Lipinski definition) is 2. The summed E-state index contributed by atoms with van der Waals surface area (Å²) in [5.74, 6) is 0.598. The Bertz CT molecular complexity index is 552. The van der Waals surface area contributed by atoms with Crippen molar-refractivity contribution >= 4 is 29.9 Å². The lowest BCUT2D eigenvalue weighted by Crippen LogP contribution is -2.39. The molecule has 0 amide bonds. The smallest absolute Gasteiger partial charge is 0.190 e. The van der Waals surface area contributed by atoms with E-state index in [0.29, 0.717) is 6.10 Å². The molecule has 0 saturated carbocycles. The van der Waals surface area contributed by atoms with Crippen LogP contribution in [0.5, 0.6) is 0 Å². The standard InChI is InChI=1S/C19H30FN3O2.HI/c1-15-14-17(20)5-4-16(15)6-10-23-19(21-2)22-9-3-11-25-18-7-12-24-13-8-18;/h4-5,14,18H,3,6-13H2,1-2H3,(H2,21,22,23);1H. The quantitative estimate of drug-likeness (QED) is 0.261. The third kappa shape index (κ3) is 8.64. The van der Waals surface area contributed by atoms with E-state index in [1.54, 1.807) is 13.1 Å². The first-order chi connectivity index (χ1) is 12.2. The minimum Gasteiger partial charge on any atom is -0.381 e. The minimum atomic E-state index is -0.186. The highest BCUT2D eigenvalue weighted by Gasteiger charge is 2.13. The third-order valence-electron chi connectivity index (χ3n) is 4.35. The van der Waals surface area contributed by atoms with Crippen LogP contribution < -0.4 is 10.6 Å². The molecule has 0 bridgehead atoms. The molecule has 1 aromatic rings. The van der Waals surface area contributed by atoms with Gasteiger partial charge >= 0.3 is 0 Å². The Labute approximate surface area is 173 Å². The van der Waals surface area contributed by atoms with Crippen molar-refractivity contribution in [1.82, 2.24) is 10.6 Å². The number of aryl methyl sites for hydroxylation is 1. The summed E-state index contributed by atoms with van der Waals surface area (Å²) < 4.78 is 24.3. The molecule has 26 heavy (non-hydrogen) atoms. The van der Waals surface area contributed by atoms with Gasteiger partial charge in [-0.15, -0.1) is 24.0 Å². The Morgan fingerprint density at radius 2 is 2.00 bits per heavy atom. The van der Waals surface area contributed by atoms with Gasteiger partial charge in [0.1, 0.15) is 5.82 Å². The molecule has 1 fully saturated rings. The molecule has 0 aromatic heterocycles. The van der Waals surface area contributed by atoms with Gasteiger partial charge in [0.15, 0.2) is 5.96 Å². The van der Waals surface area contributed by atoms with Gasteiger partial charge in [-0.1, -0.05) is 6.07 Å². The van der Waals surface area contributed by atoms with Crippen molar-refractivity contribution < 1.29 is 13.9 Å². The molecular formula is C19H31FIN3O2. The predicted octanol–water partition coefficient (Wildman–Crippen LogP) is 3.05. The molecule has 0 spiro atoms. The zero-order valence-electron chi connectivity index (χ0n) is 15.7. The van der Waals surface area contributed by atoms with Gasteiger partial charge in [0.05, 0.1) is 6.10 Å². The summed E-state index contributed by atoms with van der Waals surface area (Å²) in [6.07, 6.45) is 4.12. The van der Waals surface area contributed by atoms with E-state index in [1.807, 2.05) is 13.0 Å². The monoisotopic (exact) mass is 479 g/mol. The lowest BCUT2D eigenvalue weighted by molar-refractivity contribution is -0.0320. The first-order valence-electron chi connectivity index (χ1n) is 9.08. The normalized spacial score (nSPS) is 15.4. The second kappa shape index (κ2) is 13.3. The lowest BCUT2D eigenvalue weighted by atomic mass is 10.1. The number of benzene rings is 1. The van der Waals surface area contributed by atoms with Gasteiger partial charge in [-0.2, -0.15) is 0 Å². The maximum Gasteiger partial charge on any atom is 0.190 e. The molecule has 1 aliphatic heterocycles. The van der Waals surface area contributed by atoms with Crippen molar-refractivity contribution in [2.24, 2.45) is 4.99 Å². The maximum absolute atomic E-state index is 13.1. The second-order valence-corrected chi connectivity index (χ2v) is 6.28. The molecule has 7 heteroatoms. The van der Waals surface area contributed by atoms with Crippen LogP contribution in [0.2, 0.25) is 0 Å². The fraction of sp³-hybridized carbons (Fsp3) is 0.632. The summed E-state index contributed by atoms with van der Waals surface area (Å²) in [5, 5.41) is 6.58. The highest BCUT2D eigenvalue weighted by molar-refractivity contribution is 14.0. The van der Waals surface area contributed by atoms with Crippen LogP contribution in [0.15, 0.2) is 23.2 Å². The summed E-state index contributed by atoms with van der Waals surface area (Å²) in [6.45, 7) is 5.89. The van der Waals surface area contributed by atoms with E-state index in [0.717, 1.165) is 75.7 Å². The van der Waals surface area contributed by atoms with Gasteiger partial charge in [0, 0.05) is 40.0 Å². The van der Waals surface area contributed by atoms with E-state index in [9.17, 15) is 4.39 Å². The maximum atomic E-state index is 13.1. The third-order valence-corrected chi connectivity index (χ3v) is 4.35. The molecule has 1 heterocycles. The summed E-state index contributed by atoms with van der Waals surface area (Å²) in [4.78, 5) is 4.22. The van der Waals surface area contributed by atoms with Gasteiger partial charge in [-0.25, -0.2) is 4.39 Å². The van der Waals surface area contributed by atoms with Crippen LogP contribution in [0.3, 0.4) is 0 Å². The van der Waals surface area contributed by atoms with E-state index in [2.05, 4.69) is 15.6 Å². The predicted molar refractivity (Wildman–Crippen MR) is 114 cm³/mol. The highest BCUT2D eigenvalue weighted by Crippen LogP contribution is 2.11. The molecular weight excluding hydrogens is 448 g/mol. The van der Waals surface area contributed by atoms with Crippen LogP contribution in [0.1, 0.15) is 30.4 Å². The summed E-state index contributed by atoms with van der Waals surface area (Å²) in [6, 6.07) is 4.92. The van der Waals surface area contributed by atoms with Crippen molar-refractivity contribution in [3.63, 3.8) is 0 Å². The van der Waals surface area contributed by atoms with Crippen molar-refractivity contribution in [3.05, 3.63) is 35.1 Å². The van der Waals surface area contributed by atoms with Crippen LogP contribution in [0, 0.1) is 12.7 Å². The van der Waals surface area contributed by atoms with Gasteiger partial charge < -0.3 is 20.1 Å². The van der Waals surface area contributed by atoms with E-state index >= 15 is 0 Å². The Morgan fingerprint density at radius 3 is 2.69 bits per heavy atom. The van der Waals surface area contributed by atoms with E-state index in [1.165, 1.54) is 6.07 Å². The molecule has 0 radical (unpaired) electrons. The van der Waals surface area contributed by atoms with E-state index in [4.69, 9.17) is 9.47 Å². The Balaban J connectivity index is 0.00000338. The highest BCUT2D eigenvalue weighted by atomic mass is 127. The summed E-state index contributed by atoms with van der Waals surface area (Å²) >= 11 is 0. The number of nitrogens with zero attached hydrogens (tertiary/aromatic N) is 1. The lowest BCUT2D eigenvalue weighted by Gasteiger charge is -2.22. The second-order valence-electron chi connectivity index (χ2n) is 6.28. The van der Waals surface area contributed by atoms with Crippen molar-refractivity contribution in [1.29, 1.82) is 0 Å². The number of nitrogens with one attached hydrogen (secondary N) is 2. The molecule has 0 unspecified atom stereocenters. The van der Waals surface area contributed by atoms with Gasteiger partial charge in [-0.3, -0.25) is 4.99 Å². The summed E-state index contributed by atoms with van der Waals surface area (Å²) in [5.41, 5.74) is 2.13.